The second-order valence-electron chi connectivity index (χ2n) is 4.65. The van der Waals surface area contributed by atoms with Crippen LogP contribution in [0, 0.1) is 0 Å². The van der Waals surface area contributed by atoms with E-state index in [1.807, 2.05) is 0 Å². The van der Waals surface area contributed by atoms with Crippen molar-refractivity contribution >= 4 is 26.8 Å². The number of alkyl halides is 6. The number of rotatable bonds is 4. The van der Waals surface area contributed by atoms with Gasteiger partial charge in [-0.1, -0.05) is 22.0 Å². The van der Waals surface area contributed by atoms with Crippen molar-refractivity contribution in [1.29, 1.82) is 0 Å². The van der Waals surface area contributed by atoms with Crippen LogP contribution in [-0.2, 0) is 11.3 Å². The zero-order valence-electron chi connectivity index (χ0n) is 11.2. The van der Waals surface area contributed by atoms with Gasteiger partial charge in [0.1, 0.15) is 0 Å². The predicted octanol–water partition coefficient (Wildman–Crippen LogP) is 4.54. The van der Waals surface area contributed by atoms with Gasteiger partial charge in [-0.2, -0.15) is 13.2 Å². The lowest BCUT2D eigenvalue weighted by molar-refractivity contribution is -0.325. The van der Waals surface area contributed by atoms with E-state index in [1.54, 1.807) is 0 Å². The zero-order valence-corrected chi connectivity index (χ0v) is 12.8. The molecule has 0 radical (unpaired) electrons. The van der Waals surface area contributed by atoms with Gasteiger partial charge in [0.05, 0.1) is 6.61 Å². The van der Waals surface area contributed by atoms with Crippen LogP contribution in [-0.4, -0.2) is 28.8 Å². The number of ether oxygens (including phenoxy) is 1. The molecule has 0 fully saturated rings. The number of aliphatic hydroxyl groups is 1. The minimum atomic E-state index is -4.89. The molecule has 2 rings (SSSR count). The van der Waals surface area contributed by atoms with Gasteiger partial charge >= 0.3 is 12.5 Å². The Labute approximate surface area is 134 Å². The van der Waals surface area contributed by atoms with Crippen LogP contribution in [0.5, 0.6) is 0 Å². The van der Waals surface area contributed by atoms with E-state index in [0.29, 0.717) is 4.47 Å². The SMILES string of the molecule is OC(c1cn(CCOC(F)(F)F)c2cccc(Br)c12)C(F)(F)F. The standard InChI is InChI=1S/C13H10BrF6NO2/c14-8-2-1-3-9-10(8)7(11(22)12(15,16)17)6-21(9)4-5-23-13(18,19)20/h1-3,6,11,22H,4-5H2. The van der Waals surface area contributed by atoms with Crippen molar-refractivity contribution in [2.45, 2.75) is 25.2 Å². The second-order valence-corrected chi connectivity index (χ2v) is 5.50. The normalized spacial score (nSPS) is 14.4. The highest BCUT2D eigenvalue weighted by Crippen LogP contribution is 2.39. The smallest absolute Gasteiger partial charge is 0.379 e. The van der Waals surface area contributed by atoms with Crippen molar-refractivity contribution < 1.29 is 36.2 Å². The third-order valence-electron chi connectivity index (χ3n) is 3.09. The summed E-state index contributed by atoms with van der Waals surface area (Å²) in [6.07, 6.45) is -11.5. The van der Waals surface area contributed by atoms with Crippen molar-refractivity contribution in [2.75, 3.05) is 6.61 Å². The topological polar surface area (TPSA) is 34.4 Å². The summed E-state index contributed by atoms with van der Waals surface area (Å²) in [5.74, 6) is 0. The molecule has 1 heterocycles. The third-order valence-corrected chi connectivity index (χ3v) is 3.75. The highest BCUT2D eigenvalue weighted by atomic mass is 79.9. The monoisotopic (exact) mass is 405 g/mol. The van der Waals surface area contributed by atoms with Crippen molar-refractivity contribution in [1.82, 2.24) is 4.57 Å². The molecule has 1 aromatic heterocycles. The Balaban J connectivity index is 2.41. The molecule has 1 aromatic carbocycles. The summed E-state index contributed by atoms with van der Waals surface area (Å²) >= 11 is 3.09. The molecule has 0 saturated heterocycles. The molecule has 128 valence electrons. The summed E-state index contributed by atoms with van der Waals surface area (Å²) in [5.41, 5.74) is -0.185. The van der Waals surface area contributed by atoms with Crippen LogP contribution in [0.3, 0.4) is 0 Å². The van der Waals surface area contributed by atoms with Crippen molar-refractivity contribution in [3.8, 4) is 0 Å². The first kappa shape index (κ1) is 18.1. The molecule has 0 aliphatic carbocycles. The molecule has 0 bridgehead atoms. The van der Waals surface area contributed by atoms with Crippen LogP contribution < -0.4 is 0 Å². The third kappa shape index (κ3) is 4.18. The number of fused-ring (bicyclic) bond motifs is 1. The fourth-order valence-corrected chi connectivity index (χ4v) is 2.75. The fraction of sp³-hybridized carbons (Fsp3) is 0.385. The molecule has 0 saturated carbocycles. The first-order chi connectivity index (χ1) is 10.5. The van der Waals surface area contributed by atoms with Crippen molar-refractivity contribution in [3.63, 3.8) is 0 Å². The molecule has 0 spiro atoms. The molecule has 10 heteroatoms. The number of hydrogen-bond acceptors (Lipinski definition) is 2. The van der Waals surface area contributed by atoms with Gasteiger partial charge in [0.2, 0.25) is 0 Å². The van der Waals surface area contributed by atoms with Gasteiger partial charge in [-0.05, 0) is 12.1 Å². The summed E-state index contributed by atoms with van der Waals surface area (Å²) < 4.78 is 79.4. The predicted molar refractivity (Wildman–Crippen MR) is 72.7 cm³/mol. The summed E-state index contributed by atoms with van der Waals surface area (Å²) in [4.78, 5) is 0. The maximum atomic E-state index is 12.8. The molecule has 0 amide bonds. The van der Waals surface area contributed by atoms with E-state index in [4.69, 9.17) is 0 Å². The fourth-order valence-electron chi connectivity index (χ4n) is 2.17. The van der Waals surface area contributed by atoms with E-state index in [1.165, 1.54) is 22.8 Å². The molecule has 1 unspecified atom stereocenters. The number of benzene rings is 1. The molecule has 23 heavy (non-hydrogen) atoms. The van der Waals surface area contributed by atoms with Gasteiger partial charge in [-0.25, -0.2) is 0 Å². The van der Waals surface area contributed by atoms with Crippen molar-refractivity contribution in [3.05, 3.63) is 34.4 Å². The van der Waals surface area contributed by atoms with Gasteiger partial charge in [-0.3, -0.25) is 4.74 Å². The maximum Gasteiger partial charge on any atom is 0.522 e. The number of aliphatic hydroxyl groups excluding tert-OH is 1. The minimum absolute atomic E-state index is 0.0873. The molecule has 1 N–H and O–H groups in total. The molecule has 3 nitrogen and oxygen atoms in total. The largest absolute Gasteiger partial charge is 0.522 e. The van der Waals surface area contributed by atoms with Gasteiger partial charge in [0.25, 0.3) is 0 Å². The lowest BCUT2D eigenvalue weighted by Crippen LogP contribution is -2.20. The summed E-state index contributed by atoms with van der Waals surface area (Å²) in [5, 5.41) is 9.56. The van der Waals surface area contributed by atoms with Crippen LogP contribution in [0.4, 0.5) is 26.3 Å². The Morgan fingerprint density at radius 1 is 1.17 bits per heavy atom. The highest BCUT2D eigenvalue weighted by Gasteiger charge is 2.41. The van der Waals surface area contributed by atoms with E-state index in [-0.39, 0.29) is 17.4 Å². The van der Waals surface area contributed by atoms with Crippen molar-refractivity contribution in [2.24, 2.45) is 0 Å². The number of hydrogen-bond donors (Lipinski definition) is 1. The highest BCUT2D eigenvalue weighted by molar-refractivity contribution is 9.10. The van der Waals surface area contributed by atoms with Crippen LogP contribution in [0.15, 0.2) is 28.9 Å². The Morgan fingerprint density at radius 3 is 2.39 bits per heavy atom. The van der Waals surface area contributed by atoms with E-state index >= 15 is 0 Å². The van der Waals surface area contributed by atoms with Gasteiger partial charge < -0.3 is 9.67 Å². The van der Waals surface area contributed by atoms with Gasteiger partial charge in [-0.15, -0.1) is 13.2 Å². The Morgan fingerprint density at radius 2 is 1.83 bits per heavy atom. The van der Waals surface area contributed by atoms with E-state index in [9.17, 15) is 31.4 Å². The number of nitrogens with zero attached hydrogens (tertiary/aromatic N) is 1. The number of aromatic nitrogens is 1. The molecular weight excluding hydrogens is 396 g/mol. The molecular formula is C13H10BrF6NO2. The van der Waals surface area contributed by atoms with E-state index in [2.05, 4.69) is 20.7 Å². The minimum Gasteiger partial charge on any atom is -0.379 e. The molecule has 0 aliphatic heterocycles. The lowest BCUT2D eigenvalue weighted by Gasteiger charge is -2.14. The lowest BCUT2D eigenvalue weighted by atomic mass is 10.1. The zero-order chi connectivity index (χ0) is 17.4. The Bertz CT molecular complexity index is 694. The van der Waals surface area contributed by atoms with Crippen LogP contribution in [0.2, 0.25) is 0 Å². The quantitative estimate of drug-likeness (QED) is 0.758. The summed E-state index contributed by atoms with van der Waals surface area (Å²) in [6.45, 7) is -1.08. The average molecular weight is 406 g/mol. The van der Waals surface area contributed by atoms with Crippen LogP contribution in [0.25, 0.3) is 10.9 Å². The summed E-state index contributed by atoms with van der Waals surface area (Å²) in [7, 11) is 0. The molecule has 0 aliphatic rings. The first-order valence-electron chi connectivity index (χ1n) is 6.23. The second kappa shape index (κ2) is 6.33. The van der Waals surface area contributed by atoms with Gasteiger partial charge in [0, 0.05) is 33.7 Å². The summed E-state index contributed by atoms with van der Waals surface area (Å²) in [6, 6.07) is 4.45. The first-order valence-corrected chi connectivity index (χ1v) is 7.02. The van der Waals surface area contributed by atoms with E-state index in [0.717, 1.165) is 6.20 Å². The van der Waals surface area contributed by atoms with Crippen LogP contribution in [0.1, 0.15) is 11.7 Å². The Hall–Kier alpha value is -1.26. The number of halogens is 7. The maximum absolute atomic E-state index is 12.8. The van der Waals surface area contributed by atoms with Crippen LogP contribution >= 0.6 is 15.9 Å². The van der Waals surface area contributed by atoms with E-state index < -0.39 is 30.8 Å². The molecule has 2 aromatic rings. The van der Waals surface area contributed by atoms with Gasteiger partial charge in [0.15, 0.2) is 6.10 Å². The average Bonchev–Trinajstić information content (AvgIpc) is 2.76. The molecule has 1 atom stereocenters. The Kier molecular flexibility index (Phi) is 4.97.